The van der Waals surface area contributed by atoms with Gasteiger partial charge in [0.05, 0.1) is 11.7 Å². The molecular weight excluding hydrogens is 314 g/mol. The van der Waals surface area contributed by atoms with Crippen LogP contribution in [0.25, 0.3) is 10.8 Å². The number of nitrogens with one attached hydrogen (secondary N) is 1. The molecule has 3 aromatic carbocycles. The summed E-state index contributed by atoms with van der Waals surface area (Å²) in [4.78, 5) is 10.8. The summed E-state index contributed by atoms with van der Waals surface area (Å²) in [6, 6.07) is 20.9. The molecule has 4 nitrogen and oxygen atoms in total. The van der Waals surface area contributed by atoms with Gasteiger partial charge in [0, 0.05) is 6.54 Å². The first kappa shape index (κ1) is 17.1. The lowest BCUT2D eigenvalue weighted by Crippen LogP contribution is -2.17. The molecule has 0 radical (unpaired) electrons. The van der Waals surface area contributed by atoms with Gasteiger partial charge >= 0.3 is 5.97 Å². The van der Waals surface area contributed by atoms with Gasteiger partial charge in [0.1, 0.15) is 0 Å². The maximum atomic E-state index is 10.8. The van der Waals surface area contributed by atoms with E-state index < -0.39 is 12.1 Å². The highest BCUT2D eigenvalue weighted by atomic mass is 16.4. The molecule has 0 spiro atoms. The molecule has 1 atom stereocenters. The fraction of sp³-hybridized carbons (Fsp3) is 0.190. The summed E-state index contributed by atoms with van der Waals surface area (Å²) in [7, 11) is 0. The van der Waals surface area contributed by atoms with Crippen LogP contribution in [0.4, 0.5) is 0 Å². The summed E-state index contributed by atoms with van der Waals surface area (Å²) in [6.45, 7) is 1.32. The minimum absolute atomic E-state index is 0.287. The Balaban J connectivity index is 1.50. The second kappa shape index (κ2) is 7.92. The highest BCUT2D eigenvalue weighted by Gasteiger charge is 2.08. The number of carbonyl (C=O) groups is 1. The molecule has 0 aliphatic carbocycles. The molecule has 3 rings (SSSR count). The summed E-state index contributed by atoms with van der Waals surface area (Å²) in [5.41, 5.74) is 2.23. The van der Waals surface area contributed by atoms with Gasteiger partial charge in [-0.2, -0.15) is 0 Å². The molecule has 0 saturated carbocycles. The first-order valence-electron chi connectivity index (χ1n) is 8.33. The largest absolute Gasteiger partial charge is 0.478 e. The molecule has 3 aromatic rings. The number of benzene rings is 3. The lowest BCUT2D eigenvalue weighted by atomic mass is 10.0. The number of rotatable bonds is 7. The van der Waals surface area contributed by atoms with E-state index in [2.05, 4.69) is 11.4 Å². The quantitative estimate of drug-likeness (QED) is 0.575. The summed E-state index contributed by atoms with van der Waals surface area (Å²) in [5, 5.41) is 24.8. The summed E-state index contributed by atoms with van der Waals surface area (Å²) < 4.78 is 0. The number of hydrogen-bond acceptors (Lipinski definition) is 3. The fourth-order valence-electron chi connectivity index (χ4n) is 2.82. The van der Waals surface area contributed by atoms with Gasteiger partial charge in [-0.1, -0.05) is 48.5 Å². The van der Waals surface area contributed by atoms with Crippen LogP contribution in [0.5, 0.6) is 0 Å². The van der Waals surface area contributed by atoms with Gasteiger partial charge in [-0.25, -0.2) is 4.79 Å². The van der Waals surface area contributed by atoms with Crippen molar-refractivity contribution < 1.29 is 15.0 Å². The van der Waals surface area contributed by atoms with Crippen molar-refractivity contribution in [2.75, 3.05) is 6.54 Å². The monoisotopic (exact) mass is 335 g/mol. The van der Waals surface area contributed by atoms with Crippen molar-refractivity contribution in [3.8, 4) is 0 Å². The molecule has 3 N–H and O–H groups in total. The third-order valence-electron chi connectivity index (χ3n) is 4.28. The van der Waals surface area contributed by atoms with Crippen molar-refractivity contribution in [2.45, 2.75) is 19.1 Å². The number of aliphatic hydroxyl groups is 1. The van der Waals surface area contributed by atoms with E-state index in [1.165, 1.54) is 5.39 Å². The van der Waals surface area contributed by atoms with Crippen LogP contribution in [-0.2, 0) is 6.54 Å². The van der Waals surface area contributed by atoms with Gasteiger partial charge in [0.15, 0.2) is 0 Å². The van der Waals surface area contributed by atoms with E-state index in [-0.39, 0.29) is 5.56 Å². The van der Waals surface area contributed by atoms with Crippen LogP contribution >= 0.6 is 0 Å². The molecule has 25 heavy (non-hydrogen) atoms. The third kappa shape index (κ3) is 4.44. The SMILES string of the molecule is O=C(O)c1ccc(CNCCC(O)c2ccc3ccccc3c2)cc1. The molecule has 128 valence electrons. The first-order valence-corrected chi connectivity index (χ1v) is 8.33. The lowest BCUT2D eigenvalue weighted by molar-refractivity contribution is 0.0697. The van der Waals surface area contributed by atoms with Crippen LogP contribution < -0.4 is 5.32 Å². The highest BCUT2D eigenvalue weighted by molar-refractivity contribution is 5.87. The van der Waals surface area contributed by atoms with Crippen LogP contribution in [-0.4, -0.2) is 22.7 Å². The van der Waals surface area contributed by atoms with Gasteiger partial charge in [-0.15, -0.1) is 0 Å². The Kier molecular flexibility index (Phi) is 5.43. The lowest BCUT2D eigenvalue weighted by Gasteiger charge is -2.13. The second-order valence-corrected chi connectivity index (χ2v) is 6.09. The Labute approximate surface area is 146 Å². The fourth-order valence-corrected chi connectivity index (χ4v) is 2.82. The smallest absolute Gasteiger partial charge is 0.335 e. The van der Waals surface area contributed by atoms with E-state index in [1.807, 2.05) is 36.4 Å². The van der Waals surface area contributed by atoms with Crippen molar-refractivity contribution >= 4 is 16.7 Å². The molecule has 0 fully saturated rings. The maximum Gasteiger partial charge on any atom is 0.335 e. The number of carboxylic acid groups (broad SMARTS) is 1. The zero-order valence-corrected chi connectivity index (χ0v) is 13.9. The van der Waals surface area contributed by atoms with Crippen LogP contribution in [0.2, 0.25) is 0 Å². The topological polar surface area (TPSA) is 69.6 Å². The van der Waals surface area contributed by atoms with Gasteiger partial charge in [-0.3, -0.25) is 0 Å². The van der Waals surface area contributed by atoms with E-state index in [1.54, 1.807) is 24.3 Å². The van der Waals surface area contributed by atoms with Crippen molar-refractivity contribution in [1.29, 1.82) is 0 Å². The minimum atomic E-state index is -0.919. The van der Waals surface area contributed by atoms with E-state index in [4.69, 9.17) is 5.11 Å². The Morgan fingerprint density at radius 1 is 0.960 bits per heavy atom. The third-order valence-corrected chi connectivity index (χ3v) is 4.28. The molecule has 0 aliphatic heterocycles. The number of hydrogen-bond donors (Lipinski definition) is 3. The van der Waals surface area contributed by atoms with Gasteiger partial charge in [-0.05, 0) is 53.1 Å². The second-order valence-electron chi connectivity index (χ2n) is 6.09. The van der Waals surface area contributed by atoms with Crippen LogP contribution in [0, 0.1) is 0 Å². The molecule has 0 heterocycles. The Bertz CT molecular complexity index is 858. The van der Waals surface area contributed by atoms with E-state index in [0.29, 0.717) is 19.5 Å². The van der Waals surface area contributed by atoms with Crippen LogP contribution in [0.1, 0.15) is 34.0 Å². The maximum absolute atomic E-state index is 10.8. The van der Waals surface area contributed by atoms with Crippen LogP contribution in [0.15, 0.2) is 66.7 Å². The van der Waals surface area contributed by atoms with Gasteiger partial charge in [0.25, 0.3) is 0 Å². The van der Waals surface area contributed by atoms with Crippen molar-refractivity contribution in [2.24, 2.45) is 0 Å². The predicted molar refractivity (Wildman–Crippen MR) is 98.6 cm³/mol. The van der Waals surface area contributed by atoms with Crippen molar-refractivity contribution in [3.05, 3.63) is 83.4 Å². The van der Waals surface area contributed by atoms with Crippen molar-refractivity contribution in [3.63, 3.8) is 0 Å². The average Bonchev–Trinajstić information content (AvgIpc) is 2.65. The first-order chi connectivity index (χ1) is 12.1. The van der Waals surface area contributed by atoms with Gasteiger partial charge in [0.2, 0.25) is 0 Å². The molecule has 0 aliphatic rings. The highest BCUT2D eigenvalue weighted by Crippen LogP contribution is 2.22. The Morgan fingerprint density at radius 3 is 2.40 bits per heavy atom. The average molecular weight is 335 g/mol. The number of fused-ring (bicyclic) bond motifs is 1. The molecule has 0 aromatic heterocycles. The summed E-state index contributed by atoms with van der Waals surface area (Å²) in [5.74, 6) is -0.919. The van der Waals surface area contributed by atoms with E-state index >= 15 is 0 Å². The molecule has 4 heteroatoms. The Hall–Kier alpha value is -2.69. The molecule has 1 unspecified atom stereocenters. The van der Waals surface area contributed by atoms with Gasteiger partial charge < -0.3 is 15.5 Å². The zero-order chi connectivity index (χ0) is 17.6. The Morgan fingerprint density at radius 2 is 1.68 bits per heavy atom. The normalized spacial score (nSPS) is 12.2. The van der Waals surface area contributed by atoms with Crippen LogP contribution in [0.3, 0.4) is 0 Å². The molecular formula is C21H21NO3. The molecule has 0 bridgehead atoms. The number of carboxylic acids is 1. The predicted octanol–water partition coefficient (Wildman–Crippen LogP) is 3.75. The molecule has 0 amide bonds. The summed E-state index contributed by atoms with van der Waals surface area (Å²) >= 11 is 0. The summed E-state index contributed by atoms with van der Waals surface area (Å²) in [6.07, 6.45) is 0.109. The number of aromatic carboxylic acids is 1. The molecule has 0 saturated heterocycles. The zero-order valence-electron chi connectivity index (χ0n) is 13.9. The number of aliphatic hydroxyl groups excluding tert-OH is 1. The van der Waals surface area contributed by atoms with E-state index in [0.717, 1.165) is 16.5 Å². The van der Waals surface area contributed by atoms with Crippen molar-refractivity contribution in [1.82, 2.24) is 5.32 Å². The van der Waals surface area contributed by atoms with E-state index in [9.17, 15) is 9.90 Å². The standard InChI is InChI=1S/C21H21NO3/c23-20(19-10-9-16-3-1-2-4-18(16)13-19)11-12-22-14-15-5-7-17(8-6-15)21(24)25/h1-10,13,20,22-23H,11-12,14H2,(H,24,25). The minimum Gasteiger partial charge on any atom is -0.478 e.